The zero-order valence-corrected chi connectivity index (χ0v) is 12.1. The van der Waals surface area contributed by atoms with Crippen molar-refractivity contribution in [2.45, 2.75) is 38.2 Å². The molecule has 1 aromatic rings. The van der Waals surface area contributed by atoms with Crippen molar-refractivity contribution >= 4 is 5.78 Å². The van der Waals surface area contributed by atoms with Crippen molar-refractivity contribution in [2.75, 3.05) is 19.8 Å². The normalized spacial score (nSPS) is 29.8. The third kappa shape index (κ3) is 2.94. The van der Waals surface area contributed by atoms with Crippen molar-refractivity contribution in [1.82, 2.24) is 0 Å². The van der Waals surface area contributed by atoms with Crippen molar-refractivity contribution in [3.8, 4) is 0 Å². The van der Waals surface area contributed by atoms with Gasteiger partial charge in [0.15, 0.2) is 0 Å². The molecule has 2 heterocycles. The minimum absolute atomic E-state index is 0.131. The SMILES string of the molecule is Cc1cccc(CC(=O)C2CCOC3(CCOC3)C2)c1. The number of hydrogen-bond acceptors (Lipinski definition) is 3. The molecule has 2 aliphatic heterocycles. The maximum absolute atomic E-state index is 12.5. The molecule has 1 spiro atoms. The van der Waals surface area contributed by atoms with E-state index in [1.807, 2.05) is 12.1 Å². The second-order valence-corrected chi connectivity index (χ2v) is 6.16. The van der Waals surface area contributed by atoms with Crippen molar-refractivity contribution in [1.29, 1.82) is 0 Å². The molecule has 0 N–H and O–H groups in total. The summed E-state index contributed by atoms with van der Waals surface area (Å²) < 4.78 is 11.4. The summed E-state index contributed by atoms with van der Waals surface area (Å²) in [5.74, 6) is 0.483. The van der Waals surface area contributed by atoms with Crippen LogP contribution in [-0.4, -0.2) is 31.2 Å². The maximum Gasteiger partial charge on any atom is 0.140 e. The third-order valence-electron chi connectivity index (χ3n) is 4.48. The largest absolute Gasteiger partial charge is 0.378 e. The Balaban J connectivity index is 1.65. The zero-order valence-electron chi connectivity index (χ0n) is 12.1. The predicted octanol–water partition coefficient (Wildman–Crippen LogP) is 2.69. The van der Waals surface area contributed by atoms with E-state index in [0.717, 1.165) is 31.4 Å². The van der Waals surface area contributed by atoms with Gasteiger partial charge in [-0.3, -0.25) is 4.79 Å². The second-order valence-electron chi connectivity index (χ2n) is 6.16. The Morgan fingerprint density at radius 1 is 1.40 bits per heavy atom. The second kappa shape index (κ2) is 5.66. The van der Waals surface area contributed by atoms with Gasteiger partial charge in [-0.25, -0.2) is 0 Å². The molecule has 0 amide bonds. The maximum atomic E-state index is 12.5. The highest BCUT2D eigenvalue weighted by atomic mass is 16.6. The van der Waals surface area contributed by atoms with Gasteiger partial charge in [0.25, 0.3) is 0 Å². The standard InChI is InChI=1S/C17H22O3/c1-13-3-2-4-14(9-13)10-16(18)15-5-7-20-17(11-15)6-8-19-12-17/h2-4,9,15H,5-8,10-12H2,1H3. The molecule has 3 nitrogen and oxygen atoms in total. The Morgan fingerprint density at radius 3 is 3.05 bits per heavy atom. The van der Waals surface area contributed by atoms with Crippen molar-refractivity contribution in [2.24, 2.45) is 5.92 Å². The molecule has 2 saturated heterocycles. The molecule has 0 bridgehead atoms. The Kier molecular flexibility index (Phi) is 3.90. The topological polar surface area (TPSA) is 35.5 Å². The van der Waals surface area contributed by atoms with Gasteiger partial charge in [0.2, 0.25) is 0 Å². The first-order valence-electron chi connectivity index (χ1n) is 7.47. The van der Waals surface area contributed by atoms with Crippen molar-refractivity contribution < 1.29 is 14.3 Å². The highest BCUT2D eigenvalue weighted by molar-refractivity contribution is 5.83. The molecule has 2 fully saturated rings. The average Bonchev–Trinajstić information content (AvgIpc) is 2.87. The number of carbonyl (C=O) groups excluding carboxylic acids is 1. The minimum atomic E-state index is -0.175. The van der Waals surface area contributed by atoms with Crippen LogP contribution >= 0.6 is 0 Å². The van der Waals surface area contributed by atoms with E-state index in [-0.39, 0.29) is 11.5 Å². The Labute approximate surface area is 120 Å². The van der Waals surface area contributed by atoms with E-state index in [0.29, 0.717) is 25.4 Å². The summed E-state index contributed by atoms with van der Waals surface area (Å²) >= 11 is 0. The number of ether oxygens (including phenoxy) is 2. The number of aryl methyl sites for hydroxylation is 1. The summed E-state index contributed by atoms with van der Waals surface area (Å²) in [6.07, 6.45) is 3.16. The number of ketones is 1. The van der Waals surface area contributed by atoms with Gasteiger partial charge in [0, 0.05) is 32.0 Å². The van der Waals surface area contributed by atoms with E-state index in [9.17, 15) is 4.79 Å². The lowest BCUT2D eigenvalue weighted by Gasteiger charge is -2.36. The summed E-state index contributed by atoms with van der Waals surface area (Å²) in [5.41, 5.74) is 2.16. The lowest BCUT2D eigenvalue weighted by Crippen LogP contribution is -2.42. The third-order valence-corrected chi connectivity index (χ3v) is 4.48. The van der Waals surface area contributed by atoms with Crippen LogP contribution in [0.4, 0.5) is 0 Å². The Hall–Kier alpha value is -1.19. The number of Topliss-reactive ketones (excluding diaryl/α,β-unsaturated/α-hetero) is 1. The van der Waals surface area contributed by atoms with Crippen LogP contribution in [0.1, 0.15) is 30.4 Å². The monoisotopic (exact) mass is 274 g/mol. The quantitative estimate of drug-likeness (QED) is 0.850. The van der Waals surface area contributed by atoms with Gasteiger partial charge in [-0.05, 0) is 25.3 Å². The highest BCUT2D eigenvalue weighted by Gasteiger charge is 2.42. The molecule has 2 aliphatic rings. The molecular weight excluding hydrogens is 252 g/mol. The zero-order chi connectivity index (χ0) is 14.0. The molecule has 3 rings (SSSR count). The Morgan fingerprint density at radius 2 is 2.30 bits per heavy atom. The van der Waals surface area contributed by atoms with Gasteiger partial charge in [0.1, 0.15) is 5.78 Å². The van der Waals surface area contributed by atoms with Crippen LogP contribution in [-0.2, 0) is 20.7 Å². The predicted molar refractivity (Wildman–Crippen MR) is 76.7 cm³/mol. The van der Waals surface area contributed by atoms with E-state index in [1.165, 1.54) is 5.56 Å². The van der Waals surface area contributed by atoms with Crippen LogP contribution in [0.3, 0.4) is 0 Å². The summed E-state index contributed by atoms with van der Waals surface area (Å²) in [6, 6.07) is 8.23. The lowest BCUT2D eigenvalue weighted by atomic mass is 9.81. The van der Waals surface area contributed by atoms with Crippen LogP contribution in [0.25, 0.3) is 0 Å². The molecule has 0 radical (unpaired) electrons. The van der Waals surface area contributed by atoms with E-state index in [2.05, 4.69) is 19.1 Å². The van der Waals surface area contributed by atoms with E-state index in [4.69, 9.17) is 9.47 Å². The van der Waals surface area contributed by atoms with E-state index < -0.39 is 0 Å². The smallest absolute Gasteiger partial charge is 0.140 e. The van der Waals surface area contributed by atoms with Gasteiger partial charge in [0.05, 0.1) is 12.2 Å². The Bertz CT molecular complexity index is 489. The minimum Gasteiger partial charge on any atom is -0.378 e. The van der Waals surface area contributed by atoms with Gasteiger partial charge >= 0.3 is 0 Å². The van der Waals surface area contributed by atoms with Gasteiger partial charge in [-0.1, -0.05) is 29.8 Å². The lowest BCUT2D eigenvalue weighted by molar-refractivity contribution is -0.136. The molecule has 0 saturated carbocycles. The molecule has 0 aliphatic carbocycles. The molecule has 20 heavy (non-hydrogen) atoms. The van der Waals surface area contributed by atoms with Crippen LogP contribution in [0, 0.1) is 12.8 Å². The summed E-state index contributed by atoms with van der Waals surface area (Å²) in [7, 11) is 0. The molecule has 1 aromatic carbocycles. The van der Waals surface area contributed by atoms with Crippen LogP contribution in [0.15, 0.2) is 24.3 Å². The van der Waals surface area contributed by atoms with Crippen LogP contribution < -0.4 is 0 Å². The molecule has 2 unspecified atom stereocenters. The number of hydrogen-bond donors (Lipinski definition) is 0. The summed E-state index contributed by atoms with van der Waals surface area (Å²) in [6.45, 7) is 4.17. The molecule has 2 atom stereocenters. The van der Waals surface area contributed by atoms with Gasteiger partial charge < -0.3 is 9.47 Å². The summed E-state index contributed by atoms with van der Waals surface area (Å²) in [5, 5.41) is 0. The van der Waals surface area contributed by atoms with Gasteiger partial charge in [-0.15, -0.1) is 0 Å². The summed E-state index contributed by atoms with van der Waals surface area (Å²) in [4.78, 5) is 12.5. The van der Waals surface area contributed by atoms with Crippen molar-refractivity contribution in [3.63, 3.8) is 0 Å². The molecular formula is C17H22O3. The number of rotatable bonds is 3. The first-order chi connectivity index (χ1) is 9.67. The molecule has 108 valence electrons. The van der Waals surface area contributed by atoms with Crippen LogP contribution in [0.2, 0.25) is 0 Å². The van der Waals surface area contributed by atoms with Gasteiger partial charge in [-0.2, -0.15) is 0 Å². The van der Waals surface area contributed by atoms with E-state index >= 15 is 0 Å². The number of carbonyl (C=O) groups is 1. The number of benzene rings is 1. The van der Waals surface area contributed by atoms with Crippen molar-refractivity contribution in [3.05, 3.63) is 35.4 Å². The average molecular weight is 274 g/mol. The highest BCUT2D eigenvalue weighted by Crippen LogP contribution is 2.36. The first-order valence-corrected chi connectivity index (χ1v) is 7.47. The fraction of sp³-hybridized carbons (Fsp3) is 0.588. The first kappa shape index (κ1) is 13.8. The van der Waals surface area contributed by atoms with E-state index in [1.54, 1.807) is 0 Å². The molecule has 0 aromatic heterocycles. The van der Waals surface area contributed by atoms with Crippen LogP contribution in [0.5, 0.6) is 0 Å². The molecule has 3 heteroatoms. The fourth-order valence-electron chi connectivity index (χ4n) is 3.33. The fourth-order valence-corrected chi connectivity index (χ4v) is 3.33.